The molecular formula is C12H9Cl2N3. The van der Waals surface area contributed by atoms with Gasteiger partial charge in [0.05, 0.1) is 23.2 Å². The largest absolute Gasteiger partial charge is 0.334 e. The molecular weight excluding hydrogens is 257 g/mol. The highest BCUT2D eigenvalue weighted by Gasteiger charge is 2.11. The SMILES string of the molecule is Cn1cc(CC#N)nc1-c1ccc(Cl)cc1Cl. The molecule has 1 aromatic heterocycles. The maximum absolute atomic E-state index is 8.64. The maximum atomic E-state index is 8.64. The van der Waals surface area contributed by atoms with Gasteiger partial charge in [-0.2, -0.15) is 5.26 Å². The van der Waals surface area contributed by atoms with Crippen LogP contribution in [0.1, 0.15) is 5.69 Å². The second kappa shape index (κ2) is 4.79. The van der Waals surface area contributed by atoms with E-state index in [-0.39, 0.29) is 0 Å². The molecule has 0 atom stereocenters. The molecule has 1 heterocycles. The van der Waals surface area contributed by atoms with E-state index in [4.69, 9.17) is 28.5 Å². The zero-order valence-corrected chi connectivity index (χ0v) is 10.6. The molecule has 17 heavy (non-hydrogen) atoms. The van der Waals surface area contributed by atoms with Crippen LogP contribution in [-0.2, 0) is 13.5 Å². The van der Waals surface area contributed by atoms with Crippen LogP contribution in [0.5, 0.6) is 0 Å². The summed E-state index contributed by atoms with van der Waals surface area (Å²) in [5, 5.41) is 9.78. The average molecular weight is 266 g/mol. The first-order chi connectivity index (χ1) is 8.11. The molecule has 0 aliphatic heterocycles. The van der Waals surface area contributed by atoms with E-state index < -0.39 is 0 Å². The van der Waals surface area contributed by atoms with Crippen LogP contribution in [0.25, 0.3) is 11.4 Å². The molecule has 0 amide bonds. The minimum absolute atomic E-state index is 0.291. The lowest BCUT2D eigenvalue weighted by Crippen LogP contribution is -1.91. The fourth-order valence-corrected chi connectivity index (χ4v) is 2.11. The Labute approximate surface area is 109 Å². The summed E-state index contributed by atoms with van der Waals surface area (Å²) in [6.07, 6.45) is 2.11. The summed E-state index contributed by atoms with van der Waals surface area (Å²) >= 11 is 12.0. The van der Waals surface area contributed by atoms with Gasteiger partial charge in [0.15, 0.2) is 0 Å². The molecule has 0 saturated carbocycles. The lowest BCUT2D eigenvalue weighted by molar-refractivity contribution is 0.923. The van der Waals surface area contributed by atoms with Crippen molar-refractivity contribution in [2.24, 2.45) is 7.05 Å². The van der Waals surface area contributed by atoms with Crippen LogP contribution >= 0.6 is 23.2 Å². The zero-order chi connectivity index (χ0) is 12.4. The quantitative estimate of drug-likeness (QED) is 0.835. The fourth-order valence-electron chi connectivity index (χ4n) is 1.62. The molecule has 2 rings (SSSR count). The van der Waals surface area contributed by atoms with Crippen LogP contribution in [0, 0.1) is 11.3 Å². The fraction of sp³-hybridized carbons (Fsp3) is 0.167. The molecule has 0 saturated heterocycles. The van der Waals surface area contributed by atoms with Gasteiger partial charge in [0.2, 0.25) is 0 Å². The molecule has 0 unspecified atom stereocenters. The molecule has 1 aromatic carbocycles. The van der Waals surface area contributed by atoms with Crippen molar-refractivity contribution < 1.29 is 0 Å². The second-order valence-corrected chi connectivity index (χ2v) is 4.47. The Morgan fingerprint density at radius 2 is 2.18 bits per heavy atom. The Morgan fingerprint density at radius 1 is 1.41 bits per heavy atom. The highest BCUT2D eigenvalue weighted by molar-refractivity contribution is 6.36. The highest BCUT2D eigenvalue weighted by atomic mass is 35.5. The van der Waals surface area contributed by atoms with Gasteiger partial charge < -0.3 is 4.57 Å². The summed E-state index contributed by atoms with van der Waals surface area (Å²) in [6.45, 7) is 0. The predicted octanol–water partition coefficient (Wildman–Crippen LogP) is 3.46. The van der Waals surface area contributed by atoms with Crippen LogP contribution in [0.3, 0.4) is 0 Å². The van der Waals surface area contributed by atoms with Gasteiger partial charge >= 0.3 is 0 Å². The van der Waals surface area contributed by atoms with E-state index in [1.165, 1.54) is 0 Å². The van der Waals surface area contributed by atoms with E-state index in [9.17, 15) is 0 Å². The van der Waals surface area contributed by atoms with Gasteiger partial charge in [0.1, 0.15) is 5.82 Å². The van der Waals surface area contributed by atoms with E-state index in [1.54, 1.807) is 12.1 Å². The van der Waals surface area contributed by atoms with Crippen LogP contribution in [0.15, 0.2) is 24.4 Å². The van der Waals surface area contributed by atoms with Crippen molar-refractivity contribution in [3.8, 4) is 17.5 Å². The van der Waals surface area contributed by atoms with Crippen LogP contribution in [0.4, 0.5) is 0 Å². The smallest absolute Gasteiger partial charge is 0.141 e. The number of imidazole rings is 1. The Bertz CT molecular complexity index is 596. The third kappa shape index (κ3) is 2.44. The number of nitriles is 1. The number of aromatic nitrogens is 2. The molecule has 0 radical (unpaired) electrons. The van der Waals surface area contributed by atoms with Gasteiger partial charge in [-0.3, -0.25) is 0 Å². The van der Waals surface area contributed by atoms with E-state index in [2.05, 4.69) is 11.1 Å². The van der Waals surface area contributed by atoms with Gasteiger partial charge in [-0.25, -0.2) is 4.98 Å². The van der Waals surface area contributed by atoms with Gasteiger partial charge in [0, 0.05) is 23.8 Å². The molecule has 86 valence electrons. The number of benzene rings is 1. The second-order valence-electron chi connectivity index (χ2n) is 3.63. The van der Waals surface area contributed by atoms with Gasteiger partial charge in [0.25, 0.3) is 0 Å². The summed E-state index contributed by atoms with van der Waals surface area (Å²) in [6, 6.07) is 7.34. The van der Waals surface area contributed by atoms with E-state index in [1.807, 2.05) is 23.9 Å². The lowest BCUT2D eigenvalue weighted by atomic mass is 10.2. The van der Waals surface area contributed by atoms with E-state index in [0.29, 0.717) is 16.5 Å². The Morgan fingerprint density at radius 3 is 2.82 bits per heavy atom. The summed E-state index contributed by atoms with van der Waals surface area (Å²) in [7, 11) is 1.87. The van der Waals surface area contributed by atoms with Crippen molar-refractivity contribution in [2.45, 2.75) is 6.42 Å². The topological polar surface area (TPSA) is 41.6 Å². The van der Waals surface area contributed by atoms with Crippen molar-refractivity contribution in [3.05, 3.63) is 40.1 Å². The van der Waals surface area contributed by atoms with Gasteiger partial charge in [-0.15, -0.1) is 0 Å². The van der Waals surface area contributed by atoms with Crippen molar-refractivity contribution in [2.75, 3.05) is 0 Å². The molecule has 0 bridgehead atoms. The third-order valence-electron chi connectivity index (χ3n) is 2.36. The zero-order valence-electron chi connectivity index (χ0n) is 9.11. The van der Waals surface area contributed by atoms with E-state index >= 15 is 0 Å². The van der Waals surface area contributed by atoms with Crippen molar-refractivity contribution in [3.63, 3.8) is 0 Å². The first-order valence-corrected chi connectivity index (χ1v) is 5.72. The minimum Gasteiger partial charge on any atom is -0.334 e. The minimum atomic E-state index is 0.291. The average Bonchev–Trinajstić information content (AvgIpc) is 2.60. The number of rotatable bonds is 2. The molecule has 0 aliphatic rings. The maximum Gasteiger partial charge on any atom is 0.141 e. The predicted molar refractivity (Wildman–Crippen MR) is 68.0 cm³/mol. The van der Waals surface area contributed by atoms with Crippen LogP contribution < -0.4 is 0 Å². The molecule has 0 aliphatic carbocycles. The molecule has 2 aromatic rings. The number of halogens is 2. The monoisotopic (exact) mass is 265 g/mol. The first-order valence-electron chi connectivity index (χ1n) is 4.96. The number of aryl methyl sites for hydroxylation is 1. The highest BCUT2D eigenvalue weighted by Crippen LogP contribution is 2.29. The van der Waals surface area contributed by atoms with Crippen molar-refractivity contribution >= 4 is 23.2 Å². The van der Waals surface area contributed by atoms with Crippen molar-refractivity contribution in [1.82, 2.24) is 9.55 Å². The molecule has 0 N–H and O–H groups in total. The van der Waals surface area contributed by atoms with Crippen LogP contribution in [0.2, 0.25) is 10.0 Å². The molecule has 0 spiro atoms. The number of nitrogens with zero attached hydrogens (tertiary/aromatic N) is 3. The standard InChI is InChI=1S/C12H9Cl2N3/c1-17-7-9(4-5-15)16-12(17)10-3-2-8(13)6-11(10)14/h2-3,6-7H,4H2,1H3. The Balaban J connectivity index is 2.49. The Hall–Kier alpha value is -1.50. The number of hydrogen-bond acceptors (Lipinski definition) is 2. The van der Waals surface area contributed by atoms with Crippen molar-refractivity contribution in [1.29, 1.82) is 5.26 Å². The van der Waals surface area contributed by atoms with Gasteiger partial charge in [-0.05, 0) is 18.2 Å². The van der Waals surface area contributed by atoms with E-state index in [0.717, 1.165) is 17.1 Å². The summed E-state index contributed by atoms with van der Waals surface area (Å²) in [4.78, 5) is 4.37. The Kier molecular flexibility index (Phi) is 3.37. The lowest BCUT2D eigenvalue weighted by Gasteiger charge is -2.04. The first kappa shape index (κ1) is 12.0. The normalized spacial score (nSPS) is 10.2. The molecule has 5 heteroatoms. The summed E-state index contributed by atoms with van der Waals surface area (Å²) in [5.41, 5.74) is 1.54. The molecule has 0 fully saturated rings. The number of hydrogen-bond donors (Lipinski definition) is 0. The third-order valence-corrected chi connectivity index (χ3v) is 2.91. The van der Waals surface area contributed by atoms with Crippen LogP contribution in [-0.4, -0.2) is 9.55 Å². The summed E-state index contributed by atoms with van der Waals surface area (Å²) < 4.78 is 1.85. The molecule has 3 nitrogen and oxygen atoms in total. The summed E-state index contributed by atoms with van der Waals surface area (Å²) in [5.74, 6) is 0.733. The van der Waals surface area contributed by atoms with Gasteiger partial charge in [-0.1, -0.05) is 23.2 Å².